The van der Waals surface area contributed by atoms with E-state index in [-0.39, 0.29) is 17.8 Å². The summed E-state index contributed by atoms with van der Waals surface area (Å²) in [4.78, 5) is 12.8. The third-order valence-corrected chi connectivity index (χ3v) is 2.14. The van der Waals surface area contributed by atoms with Crippen molar-refractivity contribution in [1.82, 2.24) is 10.2 Å². The maximum atomic E-state index is 11.4. The maximum absolute atomic E-state index is 11.4. The van der Waals surface area contributed by atoms with Gasteiger partial charge in [-0.25, -0.2) is 4.79 Å². The molecule has 1 atom stereocenters. The molecule has 0 aliphatic rings. The summed E-state index contributed by atoms with van der Waals surface area (Å²) in [7, 11) is 3.39. The second kappa shape index (κ2) is 4.68. The third kappa shape index (κ3) is 3.16. The van der Waals surface area contributed by atoms with Crippen molar-refractivity contribution in [3.63, 3.8) is 0 Å². The molecule has 0 aromatic heterocycles. The van der Waals surface area contributed by atoms with Crippen LogP contribution in [0.2, 0.25) is 0 Å². The van der Waals surface area contributed by atoms with Crippen LogP contribution in [0.3, 0.4) is 0 Å². The van der Waals surface area contributed by atoms with E-state index < -0.39 is 0 Å². The Labute approximate surface area is 89.5 Å². The summed E-state index contributed by atoms with van der Waals surface area (Å²) in [5.74, 6) is 0.227. The van der Waals surface area contributed by atoms with Gasteiger partial charge in [0, 0.05) is 14.1 Å². The van der Waals surface area contributed by atoms with Crippen molar-refractivity contribution < 1.29 is 9.90 Å². The number of amides is 2. The molecule has 1 aromatic carbocycles. The molecule has 1 rings (SSSR count). The Morgan fingerprint density at radius 3 is 2.33 bits per heavy atom. The predicted molar refractivity (Wildman–Crippen MR) is 58.7 cm³/mol. The lowest BCUT2D eigenvalue weighted by molar-refractivity contribution is 0.214. The Balaban J connectivity index is 2.65. The fraction of sp³-hybridized carbons (Fsp3) is 0.364. The highest BCUT2D eigenvalue weighted by molar-refractivity contribution is 5.74. The van der Waals surface area contributed by atoms with Crippen LogP contribution < -0.4 is 5.32 Å². The molecule has 0 heterocycles. The van der Waals surface area contributed by atoms with Crippen LogP contribution in [-0.4, -0.2) is 30.1 Å². The fourth-order valence-electron chi connectivity index (χ4n) is 1.16. The third-order valence-electron chi connectivity index (χ3n) is 2.14. The lowest BCUT2D eigenvalue weighted by atomic mass is 10.1. The monoisotopic (exact) mass is 208 g/mol. The number of nitrogens with zero attached hydrogens (tertiary/aromatic N) is 1. The molecule has 0 aliphatic carbocycles. The van der Waals surface area contributed by atoms with Crippen LogP contribution in [0.1, 0.15) is 18.5 Å². The number of carbonyl (C=O) groups is 1. The minimum atomic E-state index is -0.129. The summed E-state index contributed by atoms with van der Waals surface area (Å²) in [5.41, 5.74) is 0.961. The summed E-state index contributed by atoms with van der Waals surface area (Å²) < 4.78 is 0. The maximum Gasteiger partial charge on any atom is 0.317 e. The van der Waals surface area contributed by atoms with Crippen LogP contribution in [0.15, 0.2) is 24.3 Å². The zero-order valence-corrected chi connectivity index (χ0v) is 9.19. The molecule has 0 radical (unpaired) electrons. The van der Waals surface area contributed by atoms with E-state index >= 15 is 0 Å². The van der Waals surface area contributed by atoms with Crippen LogP contribution >= 0.6 is 0 Å². The number of phenolic OH excluding ortho intramolecular Hbond substituents is 1. The van der Waals surface area contributed by atoms with E-state index in [4.69, 9.17) is 5.11 Å². The van der Waals surface area contributed by atoms with Gasteiger partial charge in [0.05, 0.1) is 6.04 Å². The molecule has 1 aromatic rings. The Hall–Kier alpha value is -1.71. The number of aromatic hydroxyl groups is 1. The molecule has 2 amide bonds. The lowest BCUT2D eigenvalue weighted by Gasteiger charge is -2.18. The van der Waals surface area contributed by atoms with E-state index in [9.17, 15) is 4.79 Å². The van der Waals surface area contributed by atoms with Crippen LogP contribution in [0, 0.1) is 0 Å². The zero-order chi connectivity index (χ0) is 11.4. The van der Waals surface area contributed by atoms with E-state index in [0.717, 1.165) is 5.56 Å². The van der Waals surface area contributed by atoms with Gasteiger partial charge in [0.1, 0.15) is 5.75 Å². The molecule has 2 N–H and O–H groups in total. The first-order valence-corrected chi connectivity index (χ1v) is 4.77. The number of nitrogens with one attached hydrogen (secondary N) is 1. The standard InChI is InChI=1S/C11H16N2O2/c1-8(12-11(15)13(2)3)9-4-6-10(14)7-5-9/h4-8,14H,1-3H3,(H,12,15)/t8-/m0/s1. The Morgan fingerprint density at radius 2 is 1.87 bits per heavy atom. The highest BCUT2D eigenvalue weighted by Gasteiger charge is 2.10. The number of urea groups is 1. The summed E-state index contributed by atoms with van der Waals surface area (Å²) in [5, 5.41) is 11.9. The fourth-order valence-corrected chi connectivity index (χ4v) is 1.16. The molecule has 15 heavy (non-hydrogen) atoms. The predicted octanol–water partition coefficient (Wildman–Crippen LogP) is 1.72. The first-order valence-electron chi connectivity index (χ1n) is 4.77. The summed E-state index contributed by atoms with van der Waals surface area (Å²) in [6.45, 7) is 1.90. The Morgan fingerprint density at radius 1 is 1.33 bits per heavy atom. The van der Waals surface area contributed by atoms with Crippen LogP contribution in [0.25, 0.3) is 0 Å². The summed E-state index contributed by atoms with van der Waals surface area (Å²) >= 11 is 0. The number of benzene rings is 1. The van der Waals surface area contributed by atoms with Crippen molar-refractivity contribution in [2.75, 3.05) is 14.1 Å². The molecule has 0 unspecified atom stereocenters. The molecule has 0 fully saturated rings. The van der Waals surface area contributed by atoms with Gasteiger partial charge in [0.2, 0.25) is 0 Å². The molecule has 4 heteroatoms. The van der Waals surface area contributed by atoms with Crippen LogP contribution in [0.5, 0.6) is 5.75 Å². The van der Waals surface area contributed by atoms with Gasteiger partial charge in [-0.2, -0.15) is 0 Å². The van der Waals surface area contributed by atoms with Gasteiger partial charge >= 0.3 is 6.03 Å². The molecule has 0 saturated heterocycles. The zero-order valence-electron chi connectivity index (χ0n) is 9.19. The van der Waals surface area contributed by atoms with Crippen LogP contribution in [-0.2, 0) is 0 Å². The number of hydrogen-bond acceptors (Lipinski definition) is 2. The SMILES string of the molecule is C[C@H](NC(=O)N(C)C)c1ccc(O)cc1. The number of carbonyl (C=O) groups excluding carboxylic acids is 1. The second-order valence-corrected chi connectivity index (χ2v) is 3.66. The van der Waals surface area contributed by atoms with Gasteiger partial charge in [-0.15, -0.1) is 0 Å². The van der Waals surface area contributed by atoms with Gasteiger partial charge in [-0.1, -0.05) is 12.1 Å². The van der Waals surface area contributed by atoms with Gasteiger partial charge < -0.3 is 15.3 Å². The second-order valence-electron chi connectivity index (χ2n) is 3.66. The summed E-state index contributed by atoms with van der Waals surface area (Å²) in [6, 6.07) is 6.59. The molecule has 0 aliphatic heterocycles. The first kappa shape index (κ1) is 11.4. The summed E-state index contributed by atoms with van der Waals surface area (Å²) in [6.07, 6.45) is 0. The van der Waals surface area contributed by atoms with E-state index in [1.165, 1.54) is 4.90 Å². The minimum absolute atomic E-state index is 0.0690. The van der Waals surface area contributed by atoms with E-state index in [1.807, 2.05) is 6.92 Å². The van der Waals surface area contributed by atoms with Crippen molar-refractivity contribution >= 4 is 6.03 Å². The number of rotatable bonds is 2. The van der Waals surface area contributed by atoms with E-state index in [0.29, 0.717) is 0 Å². The van der Waals surface area contributed by atoms with Crippen molar-refractivity contribution in [3.8, 4) is 5.75 Å². The molecule has 0 spiro atoms. The molecular formula is C11H16N2O2. The topological polar surface area (TPSA) is 52.6 Å². The molecule has 82 valence electrons. The Bertz CT molecular complexity index is 333. The first-order chi connectivity index (χ1) is 7.00. The number of hydrogen-bond donors (Lipinski definition) is 2. The van der Waals surface area contributed by atoms with Crippen molar-refractivity contribution in [1.29, 1.82) is 0 Å². The Kier molecular flexibility index (Phi) is 3.55. The van der Waals surface area contributed by atoms with Crippen molar-refractivity contribution in [2.45, 2.75) is 13.0 Å². The smallest absolute Gasteiger partial charge is 0.317 e. The molecular weight excluding hydrogens is 192 g/mol. The lowest BCUT2D eigenvalue weighted by Crippen LogP contribution is -2.36. The van der Waals surface area contributed by atoms with Gasteiger partial charge in [0.25, 0.3) is 0 Å². The van der Waals surface area contributed by atoms with Crippen molar-refractivity contribution in [2.24, 2.45) is 0 Å². The van der Waals surface area contributed by atoms with Gasteiger partial charge in [-0.05, 0) is 24.6 Å². The highest BCUT2D eigenvalue weighted by atomic mass is 16.3. The highest BCUT2D eigenvalue weighted by Crippen LogP contribution is 2.16. The quantitative estimate of drug-likeness (QED) is 0.777. The van der Waals surface area contributed by atoms with Crippen molar-refractivity contribution in [3.05, 3.63) is 29.8 Å². The number of phenols is 1. The van der Waals surface area contributed by atoms with E-state index in [2.05, 4.69) is 5.32 Å². The largest absolute Gasteiger partial charge is 0.508 e. The van der Waals surface area contributed by atoms with Gasteiger partial charge in [-0.3, -0.25) is 0 Å². The molecule has 4 nitrogen and oxygen atoms in total. The normalized spacial score (nSPS) is 11.9. The average Bonchev–Trinajstić information content (AvgIpc) is 2.18. The molecule has 0 saturated carbocycles. The minimum Gasteiger partial charge on any atom is -0.508 e. The van der Waals surface area contributed by atoms with Crippen LogP contribution in [0.4, 0.5) is 4.79 Å². The average molecular weight is 208 g/mol. The molecule has 0 bridgehead atoms. The van der Waals surface area contributed by atoms with E-state index in [1.54, 1.807) is 38.4 Å². The van der Waals surface area contributed by atoms with Gasteiger partial charge in [0.15, 0.2) is 0 Å².